The van der Waals surface area contributed by atoms with Gasteiger partial charge in [-0.15, -0.1) is 11.8 Å². The van der Waals surface area contributed by atoms with Gasteiger partial charge in [-0.2, -0.15) is 0 Å². The number of β-lactam (4-membered cyclic amide) rings is 1. The van der Waals surface area contributed by atoms with Gasteiger partial charge in [0.05, 0.1) is 23.0 Å². The number of fused-ring (bicyclic) bond motifs is 1. The Hall–Kier alpha value is -3.61. The number of nitrogens with one attached hydrogen (secondary N) is 2. The lowest BCUT2D eigenvalue weighted by Gasteiger charge is -2.46. The number of carboxylic acid groups (broad SMARTS) is 1. The number of amides is 6. The lowest BCUT2D eigenvalue weighted by atomic mass is 9.89. The molecule has 0 aliphatic carbocycles. The Morgan fingerprint density at radius 3 is 2.44 bits per heavy atom. The number of hydrogen-bond acceptors (Lipinski definition) is 7. The van der Waals surface area contributed by atoms with Crippen molar-refractivity contribution in [2.45, 2.75) is 49.4 Å². The van der Waals surface area contributed by atoms with Gasteiger partial charge in [0.2, 0.25) is 17.5 Å². The second-order valence-electron chi connectivity index (χ2n) is 9.22. The number of benzene rings is 1. The van der Waals surface area contributed by atoms with Gasteiger partial charge in [-0.25, -0.2) is 9.59 Å². The highest BCUT2D eigenvalue weighted by Crippen LogP contribution is 2.55. The summed E-state index contributed by atoms with van der Waals surface area (Å²) < 4.78 is -0.993. The quantitative estimate of drug-likeness (QED) is 0.362. The van der Waals surface area contributed by atoms with Crippen LogP contribution in [0.25, 0.3) is 0 Å². The molecule has 6 amide bonds. The van der Waals surface area contributed by atoms with Crippen molar-refractivity contribution in [2.75, 3.05) is 25.0 Å². The number of para-hydroxylation sites is 1. The van der Waals surface area contributed by atoms with E-state index in [0.29, 0.717) is 12.1 Å². The van der Waals surface area contributed by atoms with Crippen LogP contribution in [0.1, 0.15) is 32.8 Å². The Morgan fingerprint density at radius 1 is 1.11 bits per heavy atom. The maximum absolute atomic E-state index is 13.1. The van der Waals surface area contributed by atoms with E-state index in [4.69, 9.17) is 0 Å². The normalized spacial score (nSPS) is 24.8. The molecular formula is C23H27N5O7S. The largest absolute Gasteiger partial charge is 0.478 e. The second kappa shape index (κ2) is 9.12. The van der Waals surface area contributed by atoms with E-state index in [0.717, 1.165) is 4.90 Å². The molecule has 3 fully saturated rings. The van der Waals surface area contributed by atoms with Crippen LogP contribution in [-0.4, -0.2) is 90.9 Å². The SMILES string of the molecule is CCN1CCN(C(=O)Nc2ccccc2CC(=O)NC2(C(=O)O)N3C(=O)CC3SC2(C)C)C(=O)C1=O. The highest BCUT2D eigenvalue weighted by atomic mass is 32.2. The minimum atomic E-state index is -1.92. The van der Waals surface area contributed by atoms with Gasteiger partial charge in [-0.3, -0.25) is 29.0 Å². The molecule has 192 valence electrons. The van der Waals surface area contributed by atoms with E-state index in [9.17, 15) is 33.9 Å². The molecule has 1 aromatic carbocycles. The van der Waals surface area contributed by atoms with E-state index in [-0.39, 0.29) is 42.9 Å². The van der Waals surface area contributed by atoms with Crippen LogP contribution in [0, 0.1) is 0 Å². The first-order valence-electron chi connectivity index (χ1n) is 11.5. The zero-order valence-electron chi connectivity index (χ0n) is 20.1. The summed E-state index contributed by atoms with van der Waals surface area (Å²) in [6.07, 6.45) is -0.0863. The average Bonchev–Trinajstić information content (AvgIpc) is 2.98. The number of thioether (sulfide) groups is 1. The maximum atomic E-state index is 13.1. The average molecular weight is 518 g/mol. The van der Waals surface area contributed by atoms with Crippen LogP contribution in [0.15, 0.2) is 24.3 Å². The summed E-state index contributed by atoms with van der Waals surface area (Å²) in [5.41, 5.74) is -1.32. The van der Waals surface area contributed by atoms with E-state index < -0.39 is 40.1 Å². The van der Waals surface area contributed by atoms with E-state index in [2.05, 4.69) is 10.6 Å². The summed E-state index contributed by atoms with van der Waals surface area (Å²) in [5, 5.41) is 14.9. The smallest absolute Gasteiger partial charge is 0.352 e. The number of piperazine rings is 1. The molecule has 0 saturated carbocycles. The molecule has 0 spiro atoms. The van der Waals surface area contributed by atoms with Crippen molar-refractivity contribution in [1.82, 2.24) is 20.0 Å². The molecule has 2 unspecified atom stereocenters. The van der Waals surface area contributed by atoms with Crippen LogP contribution >= 0.6 is 11.8 Å². The molecule has 3 aliphatic rings. The van der Waals surface area contributed by atoms with Crippen molar-refractivity contribution < 1.29 is 33.9 Å². The molecule has 12 nitrogen and oxygen atoms in total. The molecule has 0 bridgehead atoms. The molecular weight excluding hydrogens is 490 g/mol. The number of anilines is 1. The van der Waals surface area contributed by atoms with Crippen LogP contribution in [0.2, 0.25) is 0 Å². The van der Waals surface area contributed by atoms with Gasteiger partial charge in [0.15, 0.2) is 0 Å². The fourth-order valence-electron chi connectivity index (χ4n) is 4.79. The van der Waals surface area contributed by atoms with Crippen LogP contribution in [-0.2, 0) is 30.4 Å². The molecule has 0 radical (unpaired) electrons. The number of likely N-dealkylation sites (N-methyl/N-ethyl adjacent to an activating group) is 1. The number of nitrogens with zero attached hydrogens (tertiary/aromatic N) is 3. The summed E-state index contributed by atoms with van der Waals surface area (Å²) in [7, 11) is 0. The summed E-state index contributed by atoms with van der Waals surface area (Å²) in [5.74, 6) is -4.04. The van der Waals surface area contributed by atoms with Crippen molar-refractivity contribution in [3.8, 4) is 0 Å². The number of carboxylic acids is 1. The Balaban J connectivity index is 1.50. The van der Waals surface area contributed by atoms with Crippen molar-refractivity contribution in [1.29, 1.82) is 0 Å². The molecule has 1 aromatic rings. The lowest BCUT2D eigenvalue weighted by molar-refractivity contribution is -0.173. The van der Waals surface area contributed by atoms with Crippen molar-refractivity contribution >= 4 is 53.1 Å². The van der Waals surface area contributed by atoms with Crippen LogP contribution in [0.3, 0.4) is 0 Å². The molecule has 0 aromatic heterocycles. The first-order chi connectivity index (χ1) is 16.9. The third-order valence-electron chi connectivity index (χ3n) is 6.74. The van der Waals surface area contributed by atoms with E-state index in [1.54, 1.807) is 39.0 Å². The number of urea groups is 1. The van der Waals surface area contributed by atoms with Gasteiger partial charge in [0, 0.05) is 25.3 Å². The van der Waals surface area contributed by atoms with E-state index in [1.807, 2.05) is 0 Å². The number of carbonyl (C=O) groups is 6. The number of hydrogen-bond donors (Lipinski definition) is 3. The maximum Gasteiger partial charge on any atom is 0.352 e. The molecule has 3 saturated heterocycles. The summed E-state index contributed by atoms with van der Waals surface area (Å²) in [6.45, 7) is 5.69. The van der Waals surface area contributed by atoms with Crippen molar-refractivity contribution in [3.05, 3.63) is 29.8 Å². The van der Waals surface area contributed by atoms with Crippen LogP contribution in [0.5, 0.6) is 0 Å². The number of carbonyl (C=O) groups excluding carboxylic acids is 5. The standard InChI is InChI=1S/C23H27N5O7S/c1-4-26-9-10-27(19(32)18(26)31)21(35)24-14-8-6-5-7-13(14)11-15(29)25-23(20(33)34)22(2,3)36-17-12-16(30)28(17)23/h5-8,17H,4,9-12H2,1-3H3,(H,24,35)(H,25,29)(H,33,34). The fourth-order valence-corrected chi connectivity index (χ4v) is 6.49. The number of aliphatic carboxylic acids is 1. The predicted molar refractivity (Wildman–Crippen MR) is 129 cm³/mol. The van der Waals surface area contributed by atoms with E-state index in [1.165, 1.54) is 27.6 Å². The summed E-state index contributed by atoms with van der Waals surface area (Å²) in [4.78, 5) is 78.4. The predicted octanol–water partition coefficient (Wildman–Crippen LogP) is 0.433. The Bertz CT molecular complexity index is 1170. The summed E-state index contributed by atoms with van der Waals surface area (Å²) in [6, 6.07) is 5.58. The Kier molecular flexibility index (Phi) is 6.45. The van der Waals surface area contributed by atoms with Gasteiger partial charge in [0.1, 0.15) is 0 Å². The minimum Gasteiger partial charge on any atom is -0.478 e. The van der Waals surface area contributed by atoms with Crippen molar-refractivity contribution in [2.24, 2.45) is 0 Å². The number of rotatable bonds is 6. The zero-order chi connectivity index (χ0) is 26.4. The first kappa shape index (κ1) is 25.5. The number of imide groups is 1. The first-order valence-corrected chi connectivity index (χ1v) is 12.3. The molecule has 36 heavy (non-hydrogen) atoms. The monoisotopic (exact) mass is 517 g/mol. The van der Waals surface area contributed by atoms with Crippen LogP contribution in [0.4, 0.5) is 10.5 Å². The Labute approximate surface area is 211 Å². The molecule has 13 heteroatoms. The van der Waals surface area contributed by atoms with E-state index >= 15 is 0 Å². The topological polar surface area (TPSA) is 156 Å². The minimum absolute atomic E-state index is 0.0335. The van der Waals surface area contributed by atoms with Gasteiger partial charge in [0.25, 0.3) is 0 Å². The third kappa shape index (κ3) is 3.96. The van der Waals surface area contributed by atoms with Crippen molar-refractivity contribution in [3.63, 3.8) is 0 Å². The molecule has 4 rings (SSSR count). The molecule has 3 N–H and O–H groups in total. The molecule has 3 aliphatic heterocycles. The highest BCUT2D eigenvalue weighted by Gasteiger charge is 2.70. The molecule has 3 heterocycles. The lowest BCUT2D eigenvalue weighted by Crippen LogP contribution is -2.75. The van der Waals surface area contributed by atoms with Crippen LogP contribution < -0.4 is 10.6 Å². The fraction of sp³-hybridized carbons (Fsp3) is 0.478. The Morgan fingerprint density at radius 2 is 1.81 bits per heavy atom. The third-order valence-corrected chi connectivity index (χ3v) is 8.28. The van der Waals surface area contributed by atoms with Gasteiger partial charge in [-0.05, 0) is 32.4 Å². The summed E-state index contributed by atoms with van der Waals surface area (Å²) >= 11 is 1.32. The highest BCUT2D eigenvalue weighted by molar-refractivity contribution is 8.01. The van der Waals surface area contributed by atoms with Gasteiger partial charge < -0.3 is 20.6 Å². The molecule has 2 atom stereocenters. The zero-order valence-corrected chi connectivity index (χ0v) is 20.9. The second-order valence-corrected chi connectivity index (χ2v) is 11.0. The van der Waals surface area contributed by atoms with Gasteiger partial charge in [-0.1, -0.05) is 18.2 Å². The van der Waals surface area contributed by atoms with Gasteiger partial charge >= 0.3 is 23.8 Å².